The van der Waals surface area contributed by atoms with Crippen LogP contribution >= 0.6 is 0 Å². The Kier molecular flexibility index (Phi) is 5.30. The molecule has 134 valence electrons. The SMILES string of the molecule is CCC(CC)OC(=O)C1(C)C(C)(C(=O)O)CCC(C)(C)C1(C)C. The van der Waals surface area contributed by atoms with Gasteiger partial charge in [0.1, 0.15) is 6.10 Å². The van der Waals surface area contributed by atoms with Gasteiger partial charge in [0, 0.05) is 0 Å². The van der Waals surface area contributed by atoms with Crippen LogP contribution < -0.4 is 0 Å². The fraction of sp³-hybridized carbons (Fsp3) is 0.895. The molecule has 2 unspecified atom stereocenters. The van der Waals surface area contributed by atoms with Gasteiger partial charge in [0.15, 0.2) is 0 Å². The summed E-state index contributed by atoms with van der Waals surface area (Å²) in [6.07, 6.45) is 2.58. The number of aliphatic carboxylic acids is 1. The normalized spacial score (nSPS) is 32.6. The van der Waals surface area contributed by atoms with Crippen molar-refractivity contribution in [2.24, 2.45) is 21.7 Å². The molecule has 0 amide bonds. The van der Waals surface area contributed by atoms with Crippen molar-refractivity contribution in [3.05, 3.63) is 0 Å². The number of hydrogen-bond acceptors (Lipinski definition) is 3. The standard InChI is InChI=1S/C19H34O4/c1-9-13(10-2)23-15(22)19(8)17(5,6)16(3,4)11-12-18(19,7)14(20)21/h13H,9-12H2,1-8H3,(H,20,21). The van der Waals surface area contributed by atoms with Crippen molar-refractivity contribution in [1.29, 1.82) is 0 Å². The van der Waals surface area contributed by atoms with Gasteiger partial charge in [0.2, 0.25) is 0 Å². The Morgan fingerprint density at radius 1 is 1.00 bits per heavy atom. The molecule has 1 saturated carbocycles. The van der Waals surface area contributed by atoms with Crippen molar-refractivity contribution >= 4 is 11.9 Å². The molecule has 1 aliphatic rings. The Morgan fingerprint density at radius 3 is 1.87 bits per heavy atom. The van der Waals surface area contributed by atoms with Gasteiger partial charge in [-0.3, -0.25) is 9.59 Å². The maximum atomic E-state index is 13.2. The number of carboxylic acid groups (broad SMARTS) is 1. The molecule has 0 radical (unpaired) electrons. The molecule has 23 heavy (non-hydrogen) atoms. The highest BCUT2D eigenvalue weighted by molar-refractivity contribution is 5.88. The highest BCUT2D eigenvalue weighted by Gasteiger charge is 2.69. The molecule has 0 heterocycles. The largest absolute Gasteiger partial charge is 0.481 e. The van der Waals surface area contributed by atoms with E-state index in [4.69, 9.17) is 4.74 Å². The highest BCUT2D eigenvalue weighted by atomic mass is 16.5. The number of carbonyl (C=O) groups is 2. The molecule has 1 aliphatic carbocycles. The number of hydrogen-bond donors (Lipinski definition) is 1. The third-order valence-corrected chi connectivity index (χ3v) is 7.36. The summed E-state index contributed by atoms with van der Waals surface area (Å²) in [7, 11) is 0. The van der Waals surface area contributed by atoms with E-state index in [-0.39, 0.29) is 17.5 Å². The Bertz CT molecular complexity index is 476. The number of carbonyl (C=O) groups excluding carboxylic acids is 1. The molecular formula is C19H34O4. The second kappa shape index (κ2) is 6.10. The van der Waals surface area contributed by atoms with Gasteiger partial charge in [-0.15, -0.1) is 0 Å². The molecule has 4 heteroatoms. The molecular weight excluding hydrogens is 292 g/mol. The second-order valence-corrected chi connectivity index (χ2v) is 8.61. The quantitative estimate of drug-likeness (QED) is 0.746. The van der Waals surface area contributed by atoms with E-state index in [1.165, 1.54) is 0 Å². The van der Waals surface area contributed by atoms with Crippen LogP contribution in [0.1, 0.15) is 81.1 Å². The average Bonchev–Trinajstić information content (AvgIpc) is 2.47. The molecule has 1 rings (SSSR count). The minimum Gasteiger partial charge on any atom is -0.481 e. The van der Waals surface area contributed by atoms with Crippen LogP contribution in [0.5, 0.6) is 0 Å². The lowest BCUT2D eigenvalue weighted by Gasteiger charge is -2.62. The summed E-state index contributed by atoms with van der Waals surface area (Å²) < 4.78 is 5.76. The molecule has 0 spiro atoms. The number of rotatable bonds is 5. The van der Waals surface area contributed by atoms with Crippen LogP contribution in [-0.4, -0.2) is 23.1 Å². The molecule has 0 bridgehead atoms. The Balaban J connectivity index is 3.45. The van der Waals surface area contributed by atoms with Crippen LogP contribution in [0.4, 0.5) is 0 Å². The third kappa shape index (κ3) is 2.68. The monoisotopic (exact) mass is 326 g/mol. The highest BCUT2D eigenvalue weighted by Crippen LogP contribution is 2.67. The first kappa shape index (κ1) is 20.0. The number of ether oxygens (including phenoxy) is 1. The van der Waals surface area contributed by atoms with Crippen molar-refractivity contribution in [3.8, 4) is 0 Å². The summed E-state index contributed by atoms with van der Waals surface area (Å²) in [5.74, 6) is -1.28. The van der Waals surface area contributed by atoms with Crippen LogP contribution in [0, 0.1) is 21.7 Å². The summed E-state index contributed by atoms with van der Waals surface area (Å²) in [5.41, 5.74) is -2.87. The maximum absolute atomic E-state index is 13.2. The zero-order valence-corrected chi connectivity index (χ0v) is 16.1. The van der Waals surface area contributed by atoms with Gasteiger partial charge >= 0.3 is 11.9 Å². The van der Waals surface area contributed by atoms with Gasteiger partial charge in [-0.05, 0) is 50.4 Å². The van der Waals surface area contributed by atoms with Crippen LogP contribution in [0.2, 0.25) is 0 Å². The van der Waals surface area contributed by atoms with Crippen molar-refractivity contribution in [1.82, 2.24) is 0 Å². The van der Waals surface area contributed by atoms with Gasteiger partial charge in [-0.2, -0.15) is 0 Å². The molecule has 0 aromatic heterocycles. The van der Waals surface area contributed by atoms with Crippen molar-refractivity contribution in [2.45, 2.75) is 87.2 Å². The van der Waals surface area contributed by atoms with Gasteiger partial charge in [0.05, 0.1) is 10.8 Å². The summed E-state index contributed by atoms with van der Waals surface area (Å²) in [6.45, 7) is 15.7. The molecule has 0 aromatic rings. The Hall–Kier alpha value is -1.06. The van der Waals surface area contributed by atoms with Crippen molar-refractivity contribution in [3.63, 3.8) is 0 Å². The second-order valence-electron chi connectivity index (χ2n) is 8.61. The zero-order valence-electron chi connectivity index (χ0n) is 16.1. The van der Waals surface area contributed by atoms with Gasteiger partial charge < -0.3 is 9.84 Å². The predicted octanol–water partition coefficient (Wildman–Crippen LogP) is 4.66. The first-order valence-corrected chi connectivity index (χ1v) is 8.76. The van der Waals surface area contributed by atoms with Crippen molar-refractivity contribution < 1.29 is 19.4 Å². The first-order valence-electron chi connectivity index (χ1n) is 8.76. The van der Waals surface area contributed by atoms with Crippen molar-refractivity contribution in [2.75, 3.05) is 0 Å². The minimum atomic E-state index is -1.13. The zero-order chi connectivity index (χ0) is 18.3. The van der Waals surface area contributed by atoms with Crippen LogP contribution in [0.25, 0.3) is 0 Å². The summed E-state index contributed by atoms with van der Waals surface area (Å²) in [4.78, 5) is 25.3. The van der Waals surface area contributed by atoms with E-state index in [1.54, 1.807) is 13.8 Å². The molecule has 1 N–H and O–H groups in total. The molecule has 0 aliphatic heterocycles. The van der Waals surface area contributed by atoms with E-state index in [0.29, 0.717) is 6.42 Å². The topological polar surface area (TPSA) is 63.6 Å². The Labute approximate surface area is 141 Å². The fourth-order valence-electron chi connectivity index (χ4n) is 4.02. The molecule has 0 saturated heterocycles. The van der Waals surface area contributed by atoms with Gasteiger partial charge in [-0.25, -0.2) is 0 Å². The van der Waals surface area contributed by atoms with E-state index in [9.17, 15) is 14.7 Å². The molecule has 4 nitrogen and oxygen atoms in total. The van der Waals surface area contributed by atoms with Gasteiger partial charge in [-0.1, -0.05) is 41.5 Å². The molecule has 0 aromatic carbocycles. The summed E-state index contributed by atoms with van der Waals surface area (Å²) in [6, 6.07) is 0. The lowest BCUT2D eigenvalue weighted by atomic mass is 9.40. The molecule has 1 fully saturated rings. The first-order chi connectivity index (χ1) is 10.3. The van der Waals surface area contributed by atoms with E-state index in [1.807, 2.05) is 27.7 Å². The Morgan fingerprint density at radius 2 is 1.48 bits per heavy atom. The summed E-state index contributed by atoms with van der Waals surface area (Å²) >= 11 is 0. The predicted molar refractivity (Wildman–Crippen MR) is 91.1 cm³/mol. The van der Waals surface area contributed by atoms with E-state index >= 15 is 0 Å². The third-order valence-electron chi connectivity index (χ3n) is 7.36. The van der Waals surface area contributed by atoms with E-state index < -0.39 is 22.2 Å². The fourth-order valence-corrected chi connectivity index (χ4v) is 4.02. The molecule has 2 atom stereocenters. The lowest BCUT2D eigenvalue weighted by molar-refractivity contribution is -0.216. The smallest absolute Gasteiger partial charge is 0.313 e. The minimum absolute atomic E-state index is 0.149. The van der Waals surface area contributed by atoms with Crippen LogP contribution in [-0.2, 0) is 14.3 Å². The van der Waals surface area contributed by atoms with Crippen LogP contribution in [0.15, 0.2) is 0 Å². The number of esters is 1. The van der Waals surface area contributed by atoms with Gasteiger partial charge in [0.25, 0.3) is 0 Å². The average molecular weight is 326 g/mol. The van der Waals surface area contributed by atoms with E-state index in [0.717, 1.165) is 19.3 Å². The maximum Gasteiger partial charge on any atom is 0.313 e. The van der Waals surface area contributed by atoms with E-state index in [2.05, 4.69) is 13.8 Å². The number of carboxylic acids is 1. The summed E-state index contributed by atoms with van der Waals surface area (Å²) in [5, 5.41) is 9.93. The lowest BCUT2D eigenvalue weighted by Crippen LogP contribution is -2.65. The van der Waals surface area contributed by atoms with Crippen LogP contribution in [0.3, 0.4) is 0 Å².